The Morgan fingerprint density at radius 1 is 1.17 bits per heavy atom. The van der Waals surface area contributed by atoms with Crippen LogP contribution in [0.1, 0.15) is 28.5 Å². The molecule has 3 N–H and O–H groups in total. The number of aromatic nitrogens is 2. The van der Waals surface area contributed by atoms with Crippen LogP contribution in [0.2, 0.25) is 0 Å². The van der Waals surface area contributed by atoms with Gasteiger partial charge < -0.3 is 20.3 Å². The maximum absolute atomic E-state index is 14.3. The molecular weight excluding hydrogens is 400 g/mol. The monoisotopic (exact) mass is 417 g/mol. The van der Waals surface area contributed by atoms with Crippen LogP contribution in [0.4, 0.5) is 8.78 Å². The lowest BCUT2D eigenvalue weighted by Gasteiger charge is -2.18. The van der Waals surface area contributed by atoms with Gasteiger partial charge in [0.1, 0.15) is 23.1 Å². The molecule has 30 heavy (non-hydrogen) atoms. The summed E-state index contributed by atoms with van der Waals surface area (Å²) in [7, 11) is 1.36. The average Bonchev–Trinajstić information content (AvgIpc) is 3.09. The number of carboxylic acid groups (broad SMARTS) is 1. The zero-order chi connectivity index (χ0) is 21.8. The van der Waals surface area contributed by atoms with Crippen molar-refractivity contribution in [1.29, 1.82) is 0 Å². The van der Waals surface area contributed by atoms with Crippen molar-refractivity contribution in [2.75, 3.05) is 7.11 Å². The van der Waals surface area contributed by atoms with Gasteiger partial charge in [-0.2, -0.15) is 9.78 Å². The lowest BCUT2D eigenvalue weighted by Crippen LogP contribution is -2.31. The van der Waals surface area contributed by atoms with Crippen LogP contribution in [0.5, 0.6) is 11.6 Å². The van der Waals surface area contributed by atoms with E-state index in [-0.39, 0.29) is 22.7 Å². The maximum atomic E-state index is 14.3. The third-order valence-electron chi connectivity index (χ3n) is 4.27. The molecular formula is C20H17F2N3O5. The van der Waals surface area contributed by atoms with Gasteiger partial charge in [0.15, 0.2) is 5.69 Å². The van der Waals surface area contributed by atoms with Crippen LogP contribution in [0.15, 0.2) is 48.5 Å². The number of nitrogens with one attached hydrogen (secondary N) is 1. The number of carbonyl (C=O) groups excluding carboxylic acids is 1. The molecule has 0 bridgehead atoms. The first-order chi connectivity index (χ1) is 14.3. The van der Waals surface area contributed by atoms with E-state index in [0.717, 1.165) is 22.9 Å². The van der Waals surface area contributed by atoms with Gasteiger partial charge in [0.2, 0.25) is 5.88 Å². The number of aromatic hydroxyl groups is 1. The van der Waals surface area contributed by atoms with Crippen molar-refractivity contribution in [2.45, 2.75) is 12.5 Å². The molecule has 3 aromatic rings. The number of aliphatic carboxylic acids is 1. The lowest BCUT2D eigenvalue weighted by atomic mass is 10.0. The molecule has 0 spiro atoms. The van der Waals surface area contributed by atoms with Gasteiger partial charge in [-0.1, -0.05) is 12.1 Å². The van der Waals surface area contributed by atoms with Gasteiger partial charge in [-0.15, -0.1) is 0 Å². The lowest BCUT2D eigenvalue weighted by molar-refractivity contribution is -0.137. The van der Waals surface area contributed by atoms with E-state index in [0.29, 0.717) is 0 Å². The number of carboxylic acids is 1. The van der Waals surface area contributed by atoms with Crippen LogP contribution in [-0.4, -0.2) is 39.0 Å². The summed E-state index contributed by atoms with van der Waals surface area (Å²) in [5, 5.41) is 25.5. The van der Waals surface area contributed by atoms with Crippen molar-refractivity contribution in [3.05, 3.63) is 71.4 Å². The second kappa shape index (κ2) is 8.60. The van der Waals surface area contributed by atoms with E-state index < -0.39 is 41.9 Å². The summed E-state index contributed by atoms with van der Waals surface area (Å²) >= 11 is 0. The molecule has 0 aliphatic heterocycles. The number of rotatable bonds is 7. The molecule has 0 radical (unpaired) electrons. The Labute approximate surface area is 169 Å². The van der Waals surface area contributed by atoms with Gasteiger partial charge >= 0.3 is 5.97 Å². The molecule has 1 aromatic heterocycles. The van der Waals surface area contributed by atoms with Crippen molar-refractivity contribution >= 4 is 11.9 Å². The summed E-state index contributed by atoms with van der Waals surface area (Å²) in [6, 6.07) is 8.94. The quantitative estimate of drug-likeness (QED) is 0.545. The highest BCUT2D eigenvalue weighted by Crippen LogP contribution is 2.26. The molecule has 156 valence electrons. The Kier molecular flexibility index (Phi) is 5.95. The Hall–Kier alpha value is -3.95. The van der Waals surface area contributed by atoms with Crippen LogP contribution >= 0.6 is 0 Å². The van der Waals surface area contributed by atoms with Gasteiger partial charge in [-0.3, -0.25) is 9.59 Å². The van der Waals surface area contributed by atoms with Crippen molar-refractivity contribution in [2.24, 2.45) is 0 Å². The second-order valence-electron chi connectivity index (χ2n) is 6.26. The number of hydrogen-bond donors (Lipinski definition) is 3. The Morgan fingerprint density at radius 3 is 2.57 bits per heavy atom. The van der Waals surface area contributed by atoms with Crippen LogP contribution in [0.25, 0.3) is 5.69 Å². The van der Waals surface area contributed by atoms with Crippen LogP contribution in [0, 0.1) is 11.6 Å². The smallest absolute Gasteiger partial charge is 0.305 e. The largest absolute Gasteiger partial charge is 0.497 e. The van der Waals surface area contributed by atoms with Crippen LogP contribution in [-0.2, 0) is 4.79 Å². The van der Waals surface area contributed by atoms with Crippen molar-refractivity contribution in [1.82, 2.24) is 15.1 Å². The van der Waals surface area contributed by atoms with Crippen LogP contribution in [0.3, 0.4) is 0 Å². The Bertz CT molecular complexity index is 1100. The molecule has 0 aliphatic rings. The molecule has 1 unspecified atom stereocenters. The third-order valence-corrected chi connectivity index (χ3v) is 4.27. The van der Waals surface area contributed by atoms with Gasteiger partial charge in [0.05, 0.1) is 19.6 Å². The molecule has 2 aromatic carbocycles. The average molecular weight is 417 g/mol. The summed E-state index contributed by atoms with van der Waals surface area (Å²) < 4.78 is 34.1. The van der Waals surface area contributed by atoms with E-state index in [1.165, 1.54) is 37.4 Å². The molecule has 1 atom stereocenters. The second-order valence-corrected chi connectivity index (χ2v) is 6.26. The Morgan fingerprint density at radius 2 is 1.90 bits per heavy atom. The standard InChI is InChI=1S/C20H17F2N3O5/c1-30-11-6-7-13(21)12(8-11)15(10-19(27)28)23-20(29)16-9-18(26)25(24-16)17-5-3-2-4-14(17)22/h2-9,15,26H,10H2,1H3,(H,23,29)(H,27,28). The molecule has 0 saturated heterocycles. The van der Waals surface area contributed by atoms with Gasteiger partial charge in [0.25, 0.3) is 5.91 Å². The Balaban J connectivity index is 1.91. The van der Waals surface area contributed by atoms with Crippen LogP contribution < -0.4 is 10.1 Å². The summed E-state index contributed by atoms with van der Waals surface area (Å²) in [5.41, 5.74) is -0.493. The van der Waals surface area contributed by atoms with E-state index >= 15 is 0 Å². The predicted molar refractivity (Wildman–Crippen MR) is 101 cm³/mol. The zero-order valence-corrected chi connectivity index (χ0v) is 15.7. The maximum Gasteiger partial charge on any atom is 0.305 e. The fourth-order valence-electron chi connectivity index (χ4n) is 2.84. The van der Waals surface area contributed by atoms with Gasteiger partial charge in [0, 0.05) is 11.6 Å². The number of amides is 1. The summed E-state index contributed by atoms with van der Waals surface area (Å²) in [6.07, 6.45) is -0.615. The van der Waals surface area contributed by atoms with E-state index in [9.17, 15) is 23.5 Å². The van der Waals surface area contributed by atoms with E-state index in [2.05, 4.69) is 10.4 Å². The normalized spacial score (nSPS) is 11.7. The fraction of sp³-hybridized carbons (Fsp3) is 0.150. The molecule has 0 aliphatic carbocycles. The number of para-hydroxylation sites is 1. The molecule has 0 fully saturated rings. The van der Waals surface area contributed by atoms with Crippen molar-refractivity contribution < 1.29 is 33.3 Å². The van der Waals surface area contributed by atoms with Crippen molar-refractivity contribution in [3.63, 3.8) is 0 Å². The minimum absolute atomic E-state index is 0.0880. The number of nitrogens with zero attached hydrogens (tertiary/aromatic N) is 2. The van der Waals surface area contributed by atoms with E-state index in [1.54, 1.807) is 0 Å². The molecule has 0 saturated carbocycles. The fourth-order valence-corrected chi connectivity index (χ4v) is 2.84. The number of ether oxygens (including phenoxy) is 1. The first-order valence-electron chi connectivity index (χ1n) is 8.70. The summed E-state index contributed by atoms with van der Waals surface area (Å²) in [4.78, 5) is 23.9. The number of benzene rings is 2. The third kappa shape index (κ3) is 4.37. The molecule has 3 rings (SSSR count). The predicted octanol–water partition coefficient (Wildman–Crippen LogP) is 2.81. The molecule has 10 heteroatoms. The van der Waals surface area contributed by atoms with Gasteiger partial charge in [-0.05, 0) is 30.3 Å². The summed E-state index contributed by atoms with van der Waals surface area (Å²) in [6.45, 7) is 0. The molecule has 8 nitrogen and oxygen atoms in total. The minimum atomic E-state index is -1.28. The van der Waals surface area contributed by atoms with Gasteiger partial charge in [-0.25, -0.2) is 8.78 Å². The highest BCUT2D eigenvalue weighted by molar-refractivity contribution is 5.93. The first-order valence-corrected chi connectivity index (χ1v) is 8.70. The highest BCUT2D eigenvalue weighted by Gasteiger charge is 2.25. The topological polar surface area (TPSA) is 114 Å². The highest BCUT2D eigenvalue weighted by atomic mass is 19.1. The van der Waals surface area contributed by atoms with E-state index in [4.69, 9.17) is 9.84 Å². The number of halogens is 2. The number of hydrogen-bond acceptors (Lipinski definition) is 5. The number of carbonyl (C=O) groups is 2. The summed E-state index contributed by atoms with van der Waals surface area (Å²) in [5.74, 6) is -3.80. The molecule has 1 heterocycles. The van der Waals surface area contributed by atoms with E-state index in [1.807, 2.05) is 0 Å². The molecule has 1 amide bonds. The zero-order valence-electron chi connectivity index (χ0n) is 15.7. The SMILES string of the molecule is COc1ccc(F)c(C(CC(=O)O)NC(=O)c2cc(O)n(-c3ccccc3F)n2)c1. The van der Waals surface area contributed by atoms with Crippen molar-refractivity contribution in [3.8, 4) is 17.3 Å². The number of methoxy groups -OCH3 is 1. The minimum Gasteiger partial charge on any atom is -0.497 e. The first kappa shape index (κ1) is 20.8.